The summed E-state index contributed by atoms with van der Waals surface area (Å²) in [6.45, 7) is -0.895. The van der Waals surface area contributed by atoms with Gasteiger partial charge >= 0.3 is 16.4 Å². The molecule has 1 heterocycles. The molecular formula is C13H16O12S. The number of carboxylic acids is 1. The third kappa shape index (κ3) is 4.79. The van der Waals surface area contributed by atoms with Crippen LogP contribution in [-0.2, 0) is 19.3 Å². The number of phenolic OH excluding ortho intramolecular Hbond substituents is 1. The molecule has 0 radical (unpaired) electrons. The second-order valence-electron chi connectivity index (χ2n) is 5.33. The average Bonchev–Trinajstić information content (AvgIpc) is 2.54. The Bertz CT molecular complexity index is 762. The van der Waals surface area contributed by atoms with Gasteiger partial charge in [0.15, 0.2) is 11.5 Å². The van der Waals surface area contributed by atoms with Crippen LogP contribution in [0.5, 0.6) is 11.5 Å². The molecular weight excluding hydrogens is 380 g/mol. The summed E-state index contributed by atoms with van der Waals surface area (Å²) >= 11 is 0. The Labute approximate surface area is 146 Å². The van der Waals surface area contributed by atoms with Crippen molar-refractivity contribution in [2.45, 2.75) is 30.7 Å². The summed E-state index contributed by atoms with van der Waals surface area (Å²) in [7, 11) is -4.85. The molecule has 5 atom stereocenters. The van der Waals surface area contributed by atoms with Crippen LogP contribution < -0.4 is 4.74 Å². The standard InChI is InChI=1S/C13H16O12S/c14-6-3-5(12(18)19)1-2-7(6)24-13-11(17)10(16)9(15)8(25-13)4-23-26(20,21)22/h1-3,8-11,13-17H,4H2,(H,18,19)(H,20,21,22)/t8-,9-,10-,11-,13-/m0/s1. The SMILES string of the molecule is O=C(O)c1ccc(O[C@H]2O[C@@H](COS(=O)(=O)O)[C@H](O)[C@H](O)[C@@H]2O)c(O)c1. The van der Waals surface area contributed by atoms with Crippen LogP contribution in [0.15, 0.2) is 18.2 Å². The summed E-state index contributed by atoms with van der Waals surface area (Å²) in [4.78, 5) is 10.8. The zero-order valence-electron chi connectivity index (χ0n) is 12.9. The van der Waals surface area contributed by atoms with E-state index >= 15 is 0 Å². The lowest BCUT2D eigenvalue weighted by atomic mass is 9.99. The number of phenols is 1. The molecule has 26 heavy (non-hydrogen) atoms. The number of aromatic carboxylic acids is 1. The van der Waals surface area contributed by atoms with Crippen molar-refractivity contribution in [1.82, 2.24) is 0 Å². The van der Waals surface area contributed by atoms with E-state index in [0.29, 0.717) is 0 Å². The Kier molecular flexibility index (Phi) is 6.02. The van der Waals surface area contributed by atoms with Gasteiger partial charge < -0.3 is 35.0 Å². The molecule has 1 fully saturated rings. The minimum absolute atomic E-state index is 0.241. The molecule has 2 rings (SSSR count). The Hall–Kier alpha value is -2.00. The second-order valence-corrected chi connectivity index (χ2v) is 6.42. The van der Waals surface area contributed by atoms with Crippen LogP contribution >= 0.6 is 0 Å². The minimum Gasteiger partial charge on any atom is -0.504 e. The first-order valence-electron chi connectivity index (χ1n) is 7.04. The molecule has 1 aromatic rings. The van der Waals surface area contributed by atoms with Crippen molar-refractivity contribution in [2.75, 3.05) is 6.61 Å². The molecule has 146 valence electrons. The first-order chi connectivity index (χ1) is 12.0. The molecule has 0 bridgehead atoms. The number of aromatic hydroxyl groups is 1. The van der Waals surface area contributed by atoms with Gasteiger partial charge in [-0.2, -0.15) is 8.42 Å². The molecule has 12 nitrogen and oxygen atoms in total. The maximum Gasteiger partial charge on any atom is 0.397 e. The number of hydrogen-bond donors (Lipinski definition) is 6. The molecule has 0 amide bonds. The highest BCUT2D eigenvalue weighted by Gasteiger charge is 2.45. The summed E-state index contributed by atoms with van der Waals surface area (Å²) in [6.07, 6.45) is -8.59. The first kappa shape index (κ1) is 20.3. The number of aliphatic hydroxyl groups excluding tert-OH is 3. The predicted octanol–water partition coefficient (Wildman–Crippen LogP) is -1.90. The Morgan fingerprint density at radius 3 is 2.35 bits per heavy atom. The van der Waals surface area contributed by atoms with Gasteiger partial charge in [-0.15, -0.1) is 0 Å². The largest absolute Gasteiger partial charge is 0.504 e. The second kappa shape index (κ2) is 7.71. The van der Waals surface area contributed by atoms with Crippen molar-refractivity contribution in [3.05, 3.63) is 23.8 Å². The Morgan fingerprint density at radius 2 is 1.81 bits per heavy atom. The predicted molar refractivity (Wildman–Crippen MR) is 79.9 cm³/mol. The van der Waals surface area contributed by atoms with Crippen LogP contribution in [0.4, 0.5) is 0 Å². The highest BCUT2D eigenvalue weighted by Crippen LogP contribution is 2.31. The monoisotopic (exact) mass is 396 g/mol. The van der Waals surface area contributed by atoms with Crippen LogP contribution in [0.2, 0.25) is 0 Å². The summed E-state index contributed by atoms with van der Waals surface area (Å²) < 4.78 is 44.1. The summed E-state index contributed by atoms with van der Waals surface area (Å²) in [5.41, 5.74) is -0.241. The quantitative estimate of drug-likeness (QED) is 0.292. The maximum atomic E-state index is 10.8. The molecule has 13 heteroatoms. The number of carboxylic acid groups (broad SMARTS) is 1. The fourth-order valence-corrected chi connectivity index (χ4v) is 2.49. The van der Waals surface area contributed by atoms with E-state index in [9.17, 15) is 33.6 Å². The van der Waals surface area contributed by atoms with Gasteiger partial charge in [-0.1, -0.05) is 0 Å². The maximum absolute atomic E-state index is 10.8. The smallest absolute Gasteiger partial charge is 0.397 e. The van der Waals surface area contributed by atoms with Crippen molar-refractivity contribution in [1.29, 1.82) is 0 Å². The van der Waals surface area contributed by atoms with E-state index in [1.165, 1.54) is 0 Å². The van der Waals surface area contributed by atoms with Crippen LogP contribution in [0, 0.1) is 0 Å². The van der Waals surface area contributed by atoms with Gasteiger partial charge in [0, 0.05) is 0 Å². The third-order valence-electron chi connectivity index (χ3n) is 3.50. The molecule has 0 aliphatic carbocycles. The number of aliphatic hydroxyl groups is 3. The van der Waals surface area contributed by atoms with Crippen LogP contribution in [0.25, 0.3) is 0 Å². The topological polar surface area (TPSA) is 200 Å². The number of benzene rings is 1. The molecule has 1 aliphatic rings. The summed E-state index contributed by atoms with van der Waals surface area (Å²) in [5, 5.41) is 48.1. The molecule has 0 unspecified atom stereocenters. The Balaban J connectivity index is 2.15. The molecule has 1 saturated heterocycles. The van der Waals surface area contributed by atoms with Gasteiger partial charge in [0.25, 0.3) is 0 Å². The number of rotatable bonds is 6. The highest BCUT2D eigenvalue weighted by atomic mass is 32.3. The van der Waals surface area contributed by atoms with Gasteiger partial charge in [-0.25, -0.2) is 8.98 Å². The van der Waals surface area contributed by atoms with E-state index in [0.717, 1.165) is 18.2 Å². The normalized spacial score (nSPS) is 29.3. The average molecular weight is 396 g/mol. The lowest BCUT2D eigenvalue weighted by Gasteiger charge is -2.39. The summed E-state index contributed by atoms with van der Waals surface area (Å²) in [6, 6.07) is 3.03. The van der Waals surface area contributed by atoms with E-state index in [1.807, 2.05) is 0 Å². The van der Waals surface area contributed by atoms with Gasteiger partial charge in [0.2, 0.25) is 6.29 Å². The van der Waals surface area contributed by atoms with Crippen molar-refractivity contribution >= 4 is 16.4 Å². The molecule has 0 aromatic heterocycles. The molecule has 6 N–H and O–H groups in total. The fourth-order valence-electron chi connectivity index (χ4n) is 2.18. The van der Waals surface area contributed by atoms with E-state index in [-0.39, 0.29) is 11.3 Å². The molecule has 1 aliphatic heterocycles. The van der Waals surface area contributed by atoms with E-state index < -0.39 is 59.4 Å². The zero-order valence-corrected chi connectivity index (χ0v) is 13.7. The fraction of sp³-hybridized carbons (Fsp3) is 0.462. The van der Waals surface area contributed by atoms with Gasteiger partial charge in [0.05, 0.1) is 12.2 Å². The van der Waals surface area contributed by atoms with Gasteiger partial charge in [-0.3, -0.25) is 4.55 Å². The first-order valence-corrected chi connectivity index (χ1v) is 8.40. The lowest BCUT2D eigenvalue weighted by Crippen LogP contribution is -2.60. The van der Waals surface area contributed by atoms with Crippen molar-refractivity contribution in [2.24, 2.45) is 0 Å². The van der Waals surface area contributed by atoms with Gasteiger partial charge in [-0.05, 0) is 18.2 Å². The number of ether oxygens (including phenoxy) is 2. The van der Waals surface area contributed by atoms with Crippen molar-refractivity contribution in [3.63, 3.8) is 0 Å². The number of carbonyl (C=O) groups is 1. The zero-order chi connectivity index (χ0) is 19.6. The van der Waals surface area contributed by atoms with Crippen molar-refractivity contribution in [3.8, 4) is 11.5 Å². The van der Waals surface area contributed by atoms with Gasteiger partial charge in [0.1, 0.15) is 24.4 Å². The van der Waals surface area contributed by atoms with E-state index in [2.05, 4.69) is 4.18 Å². The highest BCUT2D eigenvalue weighted by molar-refractivity contribution is 7.80. The van der Waals surface area contributed by atoms with Crippen LogP contribution in [0.3, 0.4) is 0 Å². The number of hydrogen-bond acceptors (Lipinski definition) is 10. The van der Waals surface area contributed by atoms with E-state index in [1.54, 1.807) is 0 Å². The van der Waals surface area contributed by atoms with Crippen molar-refractivity contribution < 1.29 is 57.0 Å². The van der Waals surface area contributed by atoms with E-state index in [4.69, 9.17) is 19.1 Å². The minimum atomic E-state index is -4.85. The van der Waals surface area contributed by atoms with Crippen LogP contribution in [-0.4, -0.2) is 81.8 Å². The third-order valence-corrected chi connectivity index (χ3v) is 3.93. The Morgan fingerprint density at radius 1 is 1.15 bits per heavy atom. The molecule has 0 saturated carbocycles. The lowest BCUT2D eigenvalue weighted by molar-refractivity contribution is -0.276. The summed E-state index contributed by atoms with van der Waals surface area (Å²) in [5.74, 6) is -2.22. The van der Waals surface area contributed by atoms with Crippen LogP contribution in [0.1, 0.15) is 10.4 Å². The molecule has 1 aromatic carbocycles. The molecule has 0 spiro atoms.